The molecule has 0 spiro atoms. The fourth-order valence-electron chi connectivity index (χ4n) is 1.65. The van der Waals surface area contributed by atoms with Gasteiger partial charge in [0.05, 0.1) is 12.7 Å². The number of alkyl halides is 3. The number of ether oxygens (including phenoxy) is 1. The number of hydrogen-bond donors (Lipinski definition) is 1. The second kappa shape index (κ2) is 5.39. The summed E-state index contributed by atoms with van der Waals surface area (Å²) in [5.41, 5.74) is 5.09. The molecule has 0 amide bonds. The summed E-state index contributed by atoms with van der Waals surface area (Å²) in [5.74, 6) is -0.767. The lowest BCUT2D eigenvalue weighted by atomic mass is 10.1. The highest BCUT2D eigenvalue weighted by Gasteiger charge is 2.32. The second-order valence-electron chi connectivity index (χ2n) is 4.06. The second-order valence-corrected chi connectivity index (χ2v) is 4.06. The van der Waals surface area contributed by atoms with Crippen LogP contribution in [0.2, 0.25) is 0 Å². The summed E-state index contributed by atoms with van der Waals surface area (Å²) in [5, 5.41) is 0. The summed E-state index contributed by atoms with van der Waals surface area (Å²) < 4.78 is 42.3. The molecule has 0 saturated carbocycles. The normalized spacial score (nSPS) is 11.2. The van der Waals surface area contributed by atoms with E-state index in [0.717, 1.165) is 12.3 Å². The summed E-state index contributed by atoms with van der Waals surface area (Å²) >= 11 is 0. The van der Waals surface area contributed by atoms with Gasteiger partial charge >= 0.3 is 12.1 Å². The van der Waals surface area contributed by atoms with Crippen molar-refractivity contribution in [2.24, 2.45) is 0 Å². The fourth-order valence-corrected chi connectivity index (χ4v) is 1.65. The van der Waals surface area contributed by atoms with E-state index < -0.39 is 17.8 Å². The molecule has 21 heavy (non-hydrogen) atoms. The van der Waals surface area contributed by atoms with Crippen LogP contribution in [0.1, 0.15) is 16.1 Å². The van der Waals surface area contributed by atoms with Crippen molar-refractivity contribution in [2.45, 2.75) is 6.18 Å². The summed E-state index contributed by atoms with van der Waals surface area (Å²) in [6.07, 6.45) is -3.55. The number of nitrogens with two attached hydrogens (primary N) is 1. The first-order chi connectivity index (χ1) is 9.82. The molecule has 0 aliphatic rings. The van der Waals surface area contributed by atoms with Crippen molar-refractivity contribution in [3.05, 3.63) is 41.7 Å². The van der Waals surface area contributed by atoms with Crippen LogP contribution in [0.15, 0.2) is 30.5 Å². The zero-order chi connectivity index (χ0) is 15.6. The van der Waals surface area contributed by atoms with E-state index in [1.807, 2.05) is 0 Å². The number of carbonyl (C=O) groups is 1. The van der Waals surface area contributed by atoms with E-state index in [9.17, 15) is 18.0 Å². The van der Waals surface area contributed by atoms with Gasteiger partial charge in [0, 0.05) is 17.4 Å². The van der Waals surface area contributed by atoms with Gasteiger partial charge in [-0.3, -0.25) is 0 Å². The predicted molar refractivity (Wildman–Crippen MR) is 68.2 cm³/mol. The molecule has 2 aromatic rings. The first-order valence-electron chi connectivity index (χ1n) is 5.71. The van der Waals surface area contributed by atoms with Gasteiger partial charge in [-0.15, -0.1) is 0 Å². The van der Waals surface area contributed by atoms with Gasteiger partial charge in [-0.1, -0.05) is 6.07 Å². The number of nitrogens with zero attached hydrogens (tertiary/aromatic N) is 2. The van der Waals surface area contributed by atoms with Gasteiger partial charge in [0.15, 0.2) is 5.82 Å². The summed E-state index contributed by atoms with van der Waals surface area (Å²) in [6.45, 7) is 0. The van der Waals surface area contributed by atoms with Crippen LogP contribution in [-0.2, 0) is 10.9 Å². The Hall–Kier alpha value is -2.64. The number of hydrogen-bond acceptors (Lipinski definition) is 5. The molecule has 1 aromatic carbocycles. The minimum Gasteiger partial charge on any atom is -0.465 e. The molecule has 0 radical (unpaired) electrons. The van der Waals surface area contributed by atoms with E-state index in [-0.39, 0.29) is 22.6 Å². The maximum Gasteiger partial charge on any atom is 0.433 e. The van der Waals surface area contributed by atoms with Crippen molar-refractivity contribution in [1.82, 2.24) is 9.97 Å². The van der Waals surface area contributed by atoms with E-state index in [0.29, 0.717) is 0 Å². The Kier molecular flexibility index (Phi) is 3.79. The summed E-state index contributed by atoms with van der Waals surface area (Å²) in [7, 11) is 1.20. The highest BCUT2D eigenvalue weighted by atomic mass is 19.4. The van der Waals surface area contributed by atoms with E-state index in [1.165, 1.54) is 25.3 Å². The van der Waals surface area contributed by atoms with Crippen molar-refractivity contribution in [2.75, 3.05) is 12.8 Å². The molecule has 0 atom stereocenters. The van der Waals surface area contributed by atoms with E-state index in [1.54, 1.807) is 0 Å². The average Bonchev–Trinajstić information content (AvgIpc) is 2.45. The first-order valence-corrected chi connectivity index (χ1v) is 5.71. The fraction of sp³-hybridized carbons (Fsp3) is 0.154. The number of benzene rings is 1. The van der Waals surface area contributed by atoms with Crippen molar-refractivity contribution < 1.29 is 22.7 Å². The summed E-state index contributed by atoms with van der Waals surface area (Å²) in [6, 6.07) is 4.84. The van der Waals surface area contributed by atoms with Crippen molar-refractivity contribution >= 4 is 11.7 Å². The molecule has 110 valence electrons. The Morgan fingerprint density at radius 2 is 2.00 bits per heavy atom. The van der Waals surface area contributed by atoms with Gasteiger partial charge in [-0.25, -0.2) is 14.8 Å². The number of rotatable bonds is 2. The lowest BCUT2D eigenvalue weighted by Gasteiger charge is -2.08. The van der Waals surface area contributed by atoms with E-state index in [4.69, 9.17) is 5.73 Å². The third kappa shape index (κ3) is 3.10. The van der Waals surface area contributed by atoms with Crippen LogP contribution in [-0.4, -0.2) is 23.0 Å². The predicted octanol–water partition coefficient (Wildman–Crippen LogP) is 2.53. The van der Waals surface area contributed by atoms with Crippen LogP contribution in [0.25, 0.3) is 11.4 Å². The molecule has 0 aliphatic heterocycles. The van der Waals surface area contributed by atoms with E-state index >= 15 is 0 Å². The molecule has 0 aliphatic carbocycles. The molecule has 1 heterocycles. The van der Waals surface area contributed by atoms with Crippen molar-refractivity contribution in [1.29, 1.82) is 0 Å². The quantitative estimate of drug-likeness (QED) is 0.680. The molecule has 8 heteroatoms. The minimum absolute atomic E-state index is 0.0698. The first kappa shape index (κ1) is 14.8. The van der Waals surface area contributed by atoms with Gasteiger partial charge in [0.25, 0.3) is 0 Å². The number of carbonyl (C=O) groups excluding carboxylic acids is 1. The Balaban J connectivity index is 2.44. The van der Waals surface area contributed by atoms with Crippen molar-refractivity contribution in [3.8, 4) is 11.4 Å². The van der Waals surface area contributed by atoms with Gasteiger partial charge in [-0.2, -0.15) is 13.2 Å². The SMILES string of the molecule is COC(=O)c1ccc(-c2nccc(C(F)(F)F)n2)cc1N. The third-order valence-corrected chi connectivity index (χ3v) is 2.66. The Bertz CT molecular complexity index is 687. The molecule has 0 saturated heterocycles. The topological polar surface area (TPSA) is 78.1 Å². The van der Waals surface area contributed by atoms with Crippen LogP contribution < -0.4 is 5.73 Å². The number of esters is 1. The van der Waals surface area contributed by atoms with Gasteiger partial charge in [0.2, 0.25) is 0 Å². The largest absolute Gasteiger partial charge is 0.465 e. The van der Waals surface area contributed by atoms with Crippen LogP contribution in [0, 0.1) is 0 Å². The van der Waals surface area contributed by atoms with Crippen LogP contribution in [0.4, 0.5) is 18.9 Å². The average molecular weight is 297 g/mol. The monoisotopic (exact) mass is 297 g/mol. The van der Waals surface area contributed by atoms with Gasteiger partial charge in [0.1, 0.15) is 5.69 Å². The molecule has 1 aromatic heterocycles. The summed E-state index contributed by atoms with van der Waals surface area (Å²) in [4.78, 5) is 18.6. The van der Waals surface area contributed by atoms with Crippen LogP contribution >= 0.6 is 0 Å². The molecular weight excluding hydrogens is 287 g/mol. The Morgan fingerprint density at radius 3 is 2.57 bits per heavy atom. The van der Waals surface area contributed by atoms with E-state index in [2.05, 4.69) is 14.7 Å². The molecule has 0 unspecified atom stereocenters. The number of methoxy groups -OCH3 is 1. The Morgan fingerprint density at radius 1 is 1.29 bits per heavy atom. The lowest BCUT2D eigenvalue weighted by molar-refractivity contribution is -0.141. The maximum atomic E-state index is 12.6. The minimum atomic E-state index is -4.56. The number of anilines is 1. The number of halogens is 3. The lowest BCUT2D eigenvalue weighted by Crippen LogP contribution is -2.09. The molecule has 0 bridgehead atoms. The number of aromatic nitrogens is 2. The smallest absolute Gasteiger partial charge is 0.433 e. The molecule has 2 rings (SSSR count). The molecular formula is C13H10F3N3O2. The highest BCUT2D eigenvalue weighted by Crippen LogP contribution is 2.29. The zero-order valence-corrected chi connectivity index (χ0v) is 10.8. The molecule has 0 fully saturated rings. The van der Waals surface area contributed by atoms with Crippen LogP contribution in [0.5, 0.6) is 0 Å². The van der Waals surface area contributed by atoms with Crippen molar-refractivity contribution in [3.63, 3.8) is 0 Å². The third-order valence-electron chi connectivity index (χ3n) is 2.66. The maximum absolute atomic E-state index is 12.6. The molecule has 2 N–H and O–H groups in total. The highest BCUT2D eigenvalue weighted by molar-refractivity contribution is 5.95. The Labute approximate surface area is 117 Å². The standard InChI is InChI=1S/C13H10F3N3O2/c1-21-12(20)8-3-2-7(6-9(8)17)11-18-5-4-10(19-11)13(14,15)16/h2-6H,17H2,1H3. The number of nitrogen functional groups attached to an aromatic ring is 1. The van der Waals surface area contributed by atoms with Gasteiger partial charge in [-0.05, 0) is 18.2 Å². The van der Waals surface area contributed by atoms with Gasteiger partial charge < -0.3 is 10.5 Å². The molecule has 5 nitrogen and oxygen atoms in total. The zero-order valence-electron chi connectivity index (χ0n) is 10.8. The van der Waals surface area contributed by atoms with Crippen LogP contribution in [0.3, 0.4) is 0 Å².